The Hall–Kier alpha value is -2.92. The summed E-state index contributed by atoms with van der Waals surface area (Å²) in [6.07, 6.45) is 0. The zero-order valence-electron chi connectivity index (χ0n) is 18.1. The predicted octanol–water partition coefficient (Wildman–Crippen LogP) is 4.12. The van der Waals surface area contributed by atoms with E-state index in [4.69, 9.17) is 9.47 Å². The van der Waals surface area contributed by atoms with Crippen LogP contribution < -0.4 is 10.1 Å². The van der Waals surface area contributed by atoms with Crippen LogP contribution in [0.5, 0.6) is 5.75 Å². The molecule has 0 bridgehead atoms. The highest BCUT2D eigenvalue weighted by Crippen LogP contribution is 2.33. The first-order valence-electron chi connectivity index (χ1n) is 9.76. The number of hydrogen-bond donors (Lipinski definition) is 1. The van der Waals surface area contributed by atoms with Crippen LogP contribution in [0.4, 0.5) is 9.39 Å². The fourth-order valence-corrected chi connectivity index (χ4v) is 4.53. The number of halogens is 1. The molecule has 3 rings (SSSR count). The van der Waals surface area contributed by atoms with Crippen molar-refractivity contribution in [2.24, 2.45) is 7.05 Å². The summed E-state index contributed by atoms with van der Waals surface area (Å²) >= 11 is 2.56. The Morgan fingerprint density at radius 3 is 2.62 bits per heavy atom. The lowest BCUT2D eigenvalue weighted by atomic mass is 10.1. The Labute approximate surface area is 193 Å². The number of anilines is 1. The number of aromatic nitrogens is 3. The van der Waals surface area contributed by atoms with E-state index in [9.17, 15) is 14.0 Å². The van der Waals surface area contributed by atoms with Crippen LogP contribution in [0.1, 0.15) is 33.5 Å². The molecular formula is C21H23FN4O4S2. The van der Waals surface area contributed by atoms with Gasteiger partial charge in [-0.15, -0.1) is 21.5 Å². The van der Waals surface area contributed by atoms with Gasteiger partial charge in [0.1, 0.15) is 23.2 Å². The van der Waals surface area contributed by atoms with Crippen LogP contribution in [0.3, 0.4) is 0 Å². The Balaban J connectivity index is 1.58. The molecule has 1 amide bonds. The third-order valence-electron chi connectivity index (χ3n) is 4.56. The number of ether oxygens (including phenoxy) is 2. The third-order valence-corrected chi connectivity index (χ3v) is 6.70. The number of rotatable bonds is 9. The number of aryl methyl sites for hydroxylation is 1. The van der Waals surface area contributed by atoms with Crippen molar-refractivity contribution in [3.8, 4) is 5.75 Å². The number of esters is 1. The molecule has 2 aromatic heterocycles. The molecule has 0 aliphatic heterocycles. The van der Waals surface area contributed by atoms with E-state index in [1.54, 1.807) is 18.5 Å². The average molecular weight is 479 g/mol. The maximum atomic E-state index is 13.0. The topological polar surface area (TPSA) is 95.3 Å². The molecule has 1 N–H and O–H groups in total. The van der Waals surface area contributed by atoms with Crippen molar-refractivity contribution in [3.63, 3.8) is 0 Å². The number of carbonyl (C=O) groups is 2. The fraction of sp³-hybridized carbons (Fsp3) is 0.333. The van der Waals surface area contributed by atoms with Gasteiger partial charge in [0.05, 0.1) is 17.9 Å². The van der Waals surface area contributed by atoms with Crippen molar-refractivity contribution >= 4 is 40.0 Å². The number of thioether (sulfide) groups is 1. The molecule has 0 unspecified atom stereocenters. The molecule has 0 saturated carbocycles. The molecule has 32 heavy (non-hydrogen) atoms. The van der Waals surface area contributed by atoms with Crippen molar-refractivity contribution in [2.45, 2.75) is 32.5 Å². The number of thiophene rings is 1. The highest BCUT2D eigenvalue weighted by atomic mass is 32.2. The van der Waals surface area contributed by atoms with Gasteiger partial charge in [0, 0.05) is 11.9 Å². The van der Waals surface area contributed by atoms with E-state index in [2.05, 4.69) is 15.5 Å². The van der Waals surface area contributed by atoms with Crippen molar-refractivity contribution < 1.29 is 23.5 Å². The molecule has 11 heteroatoms. The van der Waals surface area contributed by atoms with Gasteiger partial charge in [-0.2, -0.15) is 0 Å². The van der Waals surface area contributed by atoms with Gasteiger partial charge in [0.2, 0.25) is 5.91 Å². The van der Waals surface area contributed by atoms with E-state index in [-0.39, 0.29) is 30.7 Å². The minimum atomic E-state index is -0.448. The number of benzene rings is 1. The minimum Gasteiger partial charge on any atom is -0.486 e. The van der Waals surface area contributed by atoms with Crippen LogP contribution in [0.2, 0.25) is 0 Å². The molecule has 0 atom stereocenters. The zero-order chi connectivity index (χ0) is 23.3. The quantitative estimate of drug-likeness (QED) is 0.365. The van der Waals surface area contributed by atoms with Crippen LogP contribution in [0, 0.1) is 19.7 Å². The van der Waals surface area contributed by atoms with Crippen molar-refractivity contribution in [3.05, 3.63) is 51.9 Å². The molecule has 0 aliphatic rings. The van der Waals surface area contributed by atoms with Crippen LogP contribution in [0.25, 0.3) is 0 Å². The largest absolute Gasteiger partial charge is 0.486 e. The number of nitrogens with one attached hydrogen (secondary N) is 1. The Kier molecular flexibility index (Phi) is 7.86. The average Bonchev–Trinajstić information content (AvgIpc) is 3.24. The van der Waals surface area contributed by atoms with Gasteiger partial charge in [0.15, 0.2) is 11.0 Å². The lowest BCUT2D eigenvalue weighted by molar-refractivity contribution is -0.113. The molecule has 0 spiro atoms. The molecule has 0 radical (unpaired) electrons. The molecule has 2 heterocycles. The summed E-state index contributed by atoms with van der Waals surface area (Å²) in [6, 6.07) is 5.69. The molecule has 0 fully saturated rings. The SMILES string of the molecule is CCOC(=O)c1c(NC(=O)CSc2nnc(COc3ccc(F)cc3)n2C)sc(C)c1C. The van der Waals surface area contributed by atoms with Gasteiger partial charge >= 0.3 is 5.97 Å². The van der Waals surface area contributed by atoms with E-state index in [0.717, 1.165) is 10.4 Å². The Bertz CT molecular complexity index is 1110. The Morgan fingerprint density at radius 2 is 1.94 bits per heavy atom. The highest BCUT2D eigenvalue weighted by molar-refractivity contribution is 7.99. The van der Waals surface area contributed by atoms with Crippen molar-refractivity contribution in [1.29, 1.82) is 0 Å². The lowest BCUT2D eigenvalue weighted by Gasteiger charge is -2.08. The number of amides is 1. The normalized spacial score (nSPS) is 10.8. The van der Waals surface area contributed by atoms with Gasteiger partial charge in [-0.3, -0.25) is 4.79 Å². The van der Waals surface area contributed by atoms with Crippen LogP contribution in [-0.4, -0.2) is 39.0 Å². The summed E-state index contributed by atoms with van der Waals surface area (Å²) in [5, 5.41) is 12.0. The summed E-state index contributed by atoms with van der Waals surface area (Å²) in [5.74, 6) is 0.108. The maximum absolute atomic E-state index is 13.0. The van der Waals surface area contributed by atoms with Gasteiger partial charge in [-0.1, -0.05) is 11.8 Å². The number of carbonyl (C=O) groups excluding carboxylic acids is 2. The third kappa shape index (κ3) is 5.65. The summed E-state index contributed by atoms with van der Waals surface area (Å²) in [7, 11) is 1.77. The first kappa shape index (κ1) is 23.7. The summed E-state index contributed by atoms with van der Waals surface area (Å²) in [4.78, 5) is 25.7. The summed E-state index contributed by atoms with van der Waals surface area (Å²) in [5.41, 5.74) is 1.20. The monoisotopic (exact) mass is 478 g/mol. The van der Waals surface area contributed by atoms with E-state index in [1.807, 2.05) is 13.8 Å². The molecule has 8 nitrogen and oxygen atoms in total. The summed E-state index contributed by atoms with van der Waals surface area (Å²) in [6.45, 7) is 5.87. The van der Waals surface area contributed by atoms with Crippen LogP contribution in [-0.2, 0) is 23.2 Å². The Morgan fingerprint density at radius 1 is 1.22 bits per heavy atom. The van der Waals surface area contributed by atoms with Gasteiger partial charge in [0.25, 0.3) is 0 Å². The summed E-state index contributed by atoms with van der Waals surface area (Å²) < 4.78 is 25.4. The first-order chi connectivity index (χ1) is 15.3. The minimum absolute atomic E-state index is 0.0864. The van der Waals surface area contributed by atoms with Crippen molar-refractivity contribution in [2.75, 3.05) is 17.7 Å². The lowest BCUT2D eigenvalue weighted by Crippen LogP contribution is -2.16. The van der Waals surface area contributed by atoms with Gasteiger partial charge in [-0.05, 0) is 50.6 Å². The number of nitrogens with zero attached hydrogens (tertiary/aromatic N) is 3. The smallest absolute Gasteiger partial charge is 0.341 e. The fourth-order valence-electron chi connectivity index (χ4n) is 2.73. The van der Waals surface area contributed by atoms with Crippen LogP contribution in [0.15, 0.2) is 29.4 Å². The zero-order valence-corrected chi connectivity index (χ0v) is 19.7. The number of hydrogen-bond acceptors (Lipinski definition) is 8. The van der Waals surface area contributed by atoms with E-state index in [1.165, 1.54) is 47.4 Å². The second-order valence-electron chi connectivity index (χ2n) is 6.75. The standard InChI is InChI=1S/C21H23FN4O4S2/c1-5-29-20(28)18-12(2)13(3)32-19(18)23-17(27)11-31-21-25-24-16(26(21)4)10-30-15-8-6-14(22)7-9-15/h6-9H,5,10-11H2,1-4H3,(H,23,27). The van der Waals surface area contributed by atoms with Gasteiger partial charge < -0.3 is 19.4 Å². The highest BCUT2D eigenvalue weighted by Gasteiger charge is 2.22. The predicted molar refractivity (Wildman–Crippen MR) is 121 cm³/mol. The van der Waals surface area contributed by atoms with E-state index >= 15 is 0 Å². The molecule has 0 aliphatic carbocycles. The molecule has 3 aromatic rings. The van der Waals surface area contributed by atoms with Crippen LogP contribution >= 0.6 is 23.1 Å². The van der Waals surface area contributed by atoms with E-state index in [0.29, 0.717) is 27.3 Å². The first-order valence-corrected chi connectivity index (χ1v) is 11.6. The van der Waals surface area contributed by atoms with Gasteiger partial charge in [-0.25, -0.2) is 9.18 Å². The molecule has 170 valence electrons. The van der Waals surface area contributed by atoms with Crippen molar-refractivity contribution in [1.82, 2.24) is 14.8 Å². The molecule has 1 aromatic carbocycles. The second kappa shape index (κ2) is 10.6. The van der Waals surface area contributed by atoms with E-state index < -0.39 is 5.97 Å². The maximum Gasteiger partial charge on any atom is 0.341 e. The molecular weight excluding hydrogens is 455 g/mol. The molecule has 0 saturated heterocycles. The second-order valence-corrected chi connectivity index (χ2v) is 8.91.